The van der Waals surface area contributed by atoms with Gasteiger partial charge in [0.2, 0.25) is 5.91 Å². The lowest BCUT2D eigenvalue weighted by Gasteiger charge is -2.50. The summed E-state index contributed by atoms with van der Waals surface area (Å²) in [5.74, 6) is -0.348. The molecular formula is C19H24ClN3O4. The summed E-state index contributed by atoms with van der Waals surface area (Å²) in [7, 11) is 0. The zero-order valence-electron chi connectivity index (χ0n) is 15.7. The number of benzene rings is 1. The summed E-state index contributed by atoms with van der Waals surface area (Å²) in [6, 6.07) is 6.64. The van der Waals surface area contributed by atoms with Crippen LogP contribution >= 0.6 is 11.6 Å². The van der Waals surface area contributed by atoms with E-state index < -0.39 is 11.6 Å². The first kappa shape index (κ1) is 19.5. The molecule has 1 spiro atoms. The SMILES string of the molecule is CC(C)N1CC(=O)N(C(C)c2ccc(Cl)cc2)C2(CCN(C(=O)O)C2)C1=O. The van der Waals surface area contributed by atoms with Crippen LogP contribution in [0.1, 0.15) is 38.8 Å². The number of amides is 3. The van der Waals surface area contributed by atoms with Crippen LogP contribution in [0.4, 0.5) is 4.79 Å². The average molecular weight is 394 g/mol. The van der Waals surface area contributed by atoms with Crippen LogP contribution < -0.4 is 0 Å². The van der Waals surface area contributed by atoms with E-state index in [0.717, 1.165) is 5.56 Å². The van der Waals surface area contributed by atoms with E-state index in [1.54, 1.807) is 21.9 Å². The normalized spacial score (nSPS) is 24.3. The number of carbonyl (C=O) groups is 3. The third-order valence-electron chi connectivity index (χ3n) is 5.58. The molecule has 2 atom stereocenters. The van der Waals surface area contributed by atoms with Crippen LogP contribution in [0, 0.1) is 0 Å². The van der Waals surface area contributed by atoms with Gasteiger partial charge < -0.3 is 19.8 Å². The molecule has 0 radical (unpaired) electrons. The monoisotopic (exact) mass is 393 g/mol. The van der Waals surface area contributed by atoms with Crippen LogP contribution in [0.5, 0.6) is 0 Å². The molecule has 0 saturated carbocycles. The molecule has 0 aliphatic carbocycles. The van der Waals surface area contributed by atoms with Crippen molar-refractivity contribution >= 4 is 29.5 Å². The quantitative estimate of drug-likeness (QED) is 0.855. The highest BCUT2D eigenvalue weighted by atomic mass is 35.5. The molecular weight excluding hydrogens is 370 g/mol. The molecule has 1 aromatic carbocycles. The Labute approximate surface area is 163 Å². The molecule has 2 heterocycles. The van der Waals surface area contributed by atoms with Crippen LogP contribution in [0.15, 0.2) is 24.3 Å². The van der Waals surface area contributed by atoms with E-state index in [1.165, 1.54) is 4.90 Å². The van der Waals surface area contributed by atoms with Crippen LogP contribution in [0.25, 0.3) is 0 Å². The Morgan fingerprint density at radius 2 is 1.81 bits per heavy atom. The highest BCUT2D eigenvalue weighted by molar-refractivity contribution is 6.30. The highest BCUT2D eigenvalue weighted by Crippen LogP contribution is 2.40. The zero-order chi connectivity index (χ0) is 19.9. The van der Waals surface area contributed by atoms with Gasteiger partial charge in [0.05, 0.1) is 12.6 Å². The van der Waals surface area contributed by atoms with Crippen LogP contribution in [-0.2, 0) is 9.59 Å². The first-order chi connectivity index (χ1) is 12.7. The Morgan fingerprint density at radius 3 is 2.33 bits per heavy atom. The lowest BCUT2D eigenvalue weighted by molar-refractivity contribution is -0.169. The van der Waals surface area contributed by atoms with Gasteiger partial charge in [-0.3, -0.25) is 9.59 Å². The average Bonchev–Trinajstić information content (AvgIpc) is 3.04. The second kappa shape index (κ2) is 7.03. The van der Waals surface area contributed by atoms with Gasteiger partial charge in [-0.05, 0) is 44.9 Å². The van der Waals surface area contributed by atoms with Gasteiger partial charge in [0.1, 0.15) is 12.1 Å². The molecule has 2 saturated heterocycles. The number of halogens is 1. The largest absolute Gasteiger partial charge is 0.465 e. The van der Waals surface area contributed by atoms with E-state index in [1.807, 2.05) is 32.9 Å². The van der Waals surface area contributed by atoms with Crippen molar-refractivity contribution in [3.05, 3.63) is 34.9 Å². The number of hydrogen-bond acceptors (Lipinski definition) is 3. The third kappa shape index (κ3) is 3.25. The van der Waals surface area contributed by atoms with Crippen molar-refractivity contribution in [2.24, 2.45) is 0 Å². The molecule has 146 valence electrons. The number of hydrogen-bond donors (Lipinski definition) is 1. The van der Waals surface area contributed by atoms with Crippen molar-refractivity contribution in [2.45, 2.75) is 44.8 Å². The van der Waals surface area contributed by atoms with Gasteiger partial charge in [-0.1, -0.05) is 23.7 Å². The minimum Gasteiger partial charge on any atom is -0.465 e. The molecule has 2 aliphatic heterocycles. The smallest absolute Gasteiger partial charge is 0.407 e. The predicted octanol–water partition coefficient (Wildman–Crippen LogP) is 2.60. The fourth-order valence-electron chi connectivity index (χ4n) is 4.13. The summed E-state index contributed by atoms with van der Waals surface area (Å²) in [5, 5.41) is 10.00. The van der Waals surface area contributed by atoms with Gasteiger partial charge in [-0.15, -0.1) is 0 Å². The molecule has 0 bridgehead atoms. The minimum absolute atomic E-state index is 0.00323. The second-order valence-electron chi connectivity index (χ2n) is 7.50. The Morgan fingerprint density at radius 1 is 1.19 bits per heavy atom. The summed E-state index contributed by atoms with van der Waals surface area (Å²) in [5.41, 5.74) is -0.316. The van der Waals surface area contributed by atoms with Crippen molar-refractivity contribution in [1.82, 2.24) is 14.7 Å². The van der Waals surface area contributed by atoms with E-state index in [-0.39, 0.29) is 43.5 Å². The summed E-state index contributed by atoms with van der Waals surface area (Å²) >= 11 is 5.97. The standard InChI is InChI=1S/C19H24ClN3O4/c1-12(2)22-10-16(24)23(13(3)14-4-6-15(20)7-5-14)19(17(22)25)8-9-21(11-19)18(26)27/h4-7,12-13H,8-11H2,1-3H3,(H,26,27). The second-order valence-corrected chi connectivity index (χ2v) is 7.94. The summed E-state index contributed by atoms with van der Waals surface area (Å²) in [4.78, 5) is 42.4. The molecule has 0 aromatic heterocycles. The molecule has 2 unspecified atom stereocenters. The van der Waals surface area contributed by atoms with E-state index in [2.05, 4.69) is 0 Å². The van der Waals surface area contributed by atoms with Crippen LogP contribution in [-0.4, -0.2) is 68.9 Å². The Kier molecular flexibility index (Phi) is 5.08. The van der Waals surface area contributed by atoms with Crippen molar-refractivity contribution in [3.8, 4) is 0 Å². The van der Waals surface area contributed by atoms with Gasteiger partial charge in [0.25, 0.3) is 5.91 Å². The highest BCUT2D eigenvalue weighted by Gasteiger charge is 2.58. The molecule has 2 fully saturated rings. The molecule has 2 aliphatic rings. The lowest BCUT2D eigenvalue weighted by atomic mass is 9.87. The fourth-order valence-corrected chi connectivity index (χ4v) is 4.25. The molecule has 3 rings (SSSR count). The number of nitrogens with zero attached hydrogens (tertiary/aromatic N) is 3. The maximum atomic E-state index is 13.4. The van der Waals surface area contributed by atoms with Gasteiger partial charge in [-0.2, -0.15) is 0 Å². The van der Waals surface area contributed by atoms with E-state index >= 15 is 0 Å². The molecule has 7 nitrogen and oxygen atoms in total. The van der Waals surface area contributed by atoms with Gasteiger partial charge in [0, 0.05) is 17.6 Å². The van der Waals surface area contributed by atoms with Crippen molar-refractivity contribution in [2.75, 3.05) is 19.6 Å². The minimum atomic E-state index is -1.17. The van der Waals surface area contributed by atoms with Gasteiger partial charge >= 0.3 is 6.09 Å². The Balaban J connectivity index is 2.04. The molecule has 1 N–H and O–H groups in total. The van der Waals surface area contributed by atoms with E-state index in [9.17, 15) is 19.5 Å². The van der Waals surface area contributed by atoms with Crippen LogP contribution in [0.3, 0.4) is 0 Å². The number of carboxylic acid groups (broad SMARTS) is 1. The zero-order valence-corrected chi connectivity index (χ0v) is 16.4. The number of carbonyl (C=O) groups excluding carboxylic acids is 2. The van der Waals surface area contributed by atoms with Crippen LogP contribution in [0.2, 0.25) is 5.02 Å². The number of piperazine rings is 1. The van der Waals surface area contributed by atoms with Gasteiger partial charge in [-0.25, -0.2) is 4.79 Å². The first-order valence-electron chi connectivity index (χ1n) is 9.04. The molecule has 27 heavy (non-hydrogen) atoms. The Hall–Kier alpha value is -2.28. The number of rotatable bonds is 3. The summed E-state index contributed by atoms with van der Waals surface area (Å²) in [6.45, 7) is 5.81. The fraction of sp³-hybridized carbons (Fsp3) is 0.526. The summed E-state index contributed by atoms with van der Waals surface area (Å²) in [6.07, 6.45) is -0.779. The number of likely N-dealkylation sites (tertiary alicyclic amines) is 1. The maximum Gasteiger partial charge on any atom is 0.407 e. The maximum absolute atomic E-state index is 13.4. The van der Waals surface area contributed by atoms with Crippen molar-refractivity contribution in [3.63, 3.8) is 0 Å². The lowest BCUT2D eigenvalue weighted by Crippen LogP contribution is -2.70. The molecule has 1 aromatic rings. The third-order valence-corrected chi connectivity index (χ3v) is 5.83. The van der Waals surface area contributed by atoms with E-state index in [4.69, 9.17) is 11.6 Å². The van der Waals surface area contributed by atoms with Crippen molar-refractivity contribution < 1.29 is 19.5 Å². The molecule has 8 heteroatoms. The molecule has 3 amide bonds. The topological polar surface area (TPSA) is 81.2 Å². The first-order valence-corrected chi connectivity index (χ1v) is 9.42. The predicted molar refractivity (Wildman–Crippen MR) is 101 cm³/mol. The van der Waals surface area contributed by atoms with Gasteiger partial charge in [0.15, 0.2) is 0 Å². The van der Waals surface area contributed by atoms with Crippen molar-refractivity contribution in [1.29, 1.82) is 0 Å². The van der Waals surface area contributed by atoms with E-state index in [0.29, 0.717) is 11.4 Å². The Bertz CT molecular complexity index is 767. The summed E-state index contributed by atoms with van der Waals surface area (Å²) < 4.78 is 0.